The van der Waals surface area contributed by atoms with Crippen LogP contribution in [-0.4, -0.2) is 9.97 Å². The SMILES string of the molecule is CC(NC(C)c1ccc(Cl)s1)c1cnccn1. The molecule has 0 amide bonds. The van der Waals surface area contributed by atoms with E-state index in [1.165, 1.54) is 4.88 Å². The van der Waals surface area contributed by atoms with E-state index in [1.54, 1.807) is 29.9 Å². The van der Waals surface area contributed by atoms with E-state index in [4.69, 9.17) is 11.6 Å². The van der Waals surface area contributed by atoms with Gasteiger partial charge in [0.1, 0.15) is 0 Å². The van der Waals surface area contributed by atoms with Crippen LogP contribution in [0.1, 0.15) is 36.5 Å². The van der Waals surface area contributed by atoms with E-state index in [2.05, 4.69) is 29.1 Å². The third kappa shape index (κ3) is 3.25. The van der Waals surface area contributed by atoms with Crippen LogP contribution in [0.4, 0.5) is 0 Å². The number of rotatable bonds is 4. The number of hydrogen-bond donors (Lipinski definition) is 1. The van der Waals surface area contributed by atoms with Gasteiger partial charge in [0, 0.05) is 35.6 Å². The molecule has 3 nitrogen and oxygen atoms in total. The Balaban J connectivity index is 2.02. The van der Waals surface area contributed by atoms with Crippen LogP contribution in [0, 0.1) is 0 Å². The molecule has 0 bridgehead atoms. The van der Waals surface area contributed by atoms with Crippen LogP contribution in [-0.2, 0) is 0 Å². The predicted molar refractivity (Wildman–Crippen MR) is 71.3 cm³/mol. The molecule has 90 valence electrons. The van der Waals surface area contributed by atoms with E-state index in [9.17, 15) is 0 Å². The van der Waals surface area contributed by atoms with Crippen molar-refractivity contribution in [2.75, 3.05) is 0 Å². The van der Waals surface area contributed by atoms with Gasteiger partial charge in [-0.05, 0) is 26.0 Å². The smallest absolute Gasteiger partial charge is 0.0931 e. The van der Waals surface area contributed by atoms with Gasteiger partial charge in [0.15, 0.2) is 0 Å². The van der Waals surface area contributed by atoms with E-state index in [0.717, 1.165) is 10.0 Å². The molecule has 0 fully saturated rings. The number of nitrogens with zero attached hydrogens (tertiary/aromatic N) is 2. The van der Waals surface area contributed by atoms with Crippen molar-refractivity contribution < 1.29 is 0 Å². The number of aromatic nitrogens is 2. The van der Waals surface area contributed by atoms with Gasteiger partial charge in [0.25, 0.3) is 0 Å². The number of halogens is 1. The summed E-state index contributed by atoms with van der Waals surface area (Å²) in [7, 11) is 0. The molecule has 0 saturated heterocycles. The lowest BCUT2D eigenvalue weighted by molar-refractivity contribution is 0.490. The van der Waals surface area contributed by atoms with Crippen molar-refractivity contribution in [2.45, 2.75) is 25.9 Å². The second-order valence-electron chi connectivity index (χ2n) is 3.88. The fraction of sp³-hybridized carbons (Fsp3) is 0.333. The van der Waals surface area contributed by atoms with E-state index < -0.39 is 0 Å². The highest BCUT2D eigenvalue weighted by atomic mass is 35.5. The van der Waals surface area contributed by atoms with Gasteiger partial charge in [0.2, 0.25) is 0 Å². The molecule has 0 saturated carbocycles. The molecule has 0 aromatic carbocycles. The molecule has 17 heavy (non-hydrogen) atoms. The molecule has 0 aliphatic rings. The molecular weight excluding hydrogens is 254 g/mol. The predicted octanol–water partition coefficient (Wildman–Crippen LogP) is 3.60. The summed E-state index contributed by atoms with van der Waals surface area (Å²) in [5, 5.41) is 3.48. The van der Waals surface area contributed by atoms with E-state index in [1.807, 2.05) is 12.1 Å². The lowest BCUT2D eigenvalue weighted by Gasteiger charge is -2.18. The molecule has 2 unspecified atom stereocenters. The summed E-state index contributed by atoms with van der Waals surface area (Å²) in [5.41, 5.74) is 0.946. The van der Waals surface area contributed by atoms with Crippen molar-refractivity contribution in [2.24, 2.45) is 0 Å². The molecular formula is C12H14ClN3S. The molecule has 0 aliphatic heterocycles. The fourth-order valence-electron chi connectivity index (χ4n) is 1.64. The van der Waals surface area contributed by atoms with Crippen LogP contribution >= 0.6 is 22.9 Å². The molecule has 2 heterocycles. The molecule has 1 N–H and O–H groups in total. The summed E-state index contributed by atoms with van der Waals surface area (Å²) >= 11 is 7.53. The average molecular weight is 268 g/mol. The lowest BCUT2D eigenvalue weighted by Crippen LogP contribution is -2.22. The van der Waals surface area contributed by atoms with Gasteiger partial charge < -0.3 is 5.32 Å². The maximum atomic E-state index is 5.93. The van der Waals surface area contributed by atoms with Crippen LogP contribution in [0.25, 0.3) is 0 Å². The zero-order valence-electron chi connectivity index (χ0n) is 9.72. The van der Waals surface area contributed by atoms with Crippen LogP contribution in [0.2, 0.25) is 4.34 Å². The van der Waals surface area contributed by atoms with Gasteiger partial charge in [-0.1, -0.05) is 11.6 Å². The summed E-state index contributed by atoms with van der Waals surface area (Å²) in [6.45, 7) is 4.20. The van der Waals surface area contributed by atoms with Gasteiger partial charge in [-0.2, -0.15) is 0 Å². The second kappa shape index (κ2) is 5.58. The third-order valence-corrected chi connectivity index (χ3v) is 3.96. The molecule has 2 rings (SSSR count). The van der Waals surface area contributed by atoms with E-state index in [0.29, 0.717) is 0 Å². The monoisotopic (exact) mass is 267 g/mol. The lowest BCUT2D eigenvalue weighted by atomic mass is 10.2. The molecule has 0 spiro atoms. The van der Waals surface area contributed by atoms with Gasteiger partial charge >= 0.3 is 0 Å². The minimum absolute atomic E-state index is 0.166. The molecule has 0 radical (unpaired) electrons. The summed E-state index contributed by atoms with van der Waals surface area (Å²) < 4.78 is 0.820. The first-order chi connectivity index (χ1) is 8.16. The highest BCUT2D eigenvalue weighted by Gasteiger charge is 2.13. The highest BCUT2D eigenvalue weighted by molar-refractivity contribution is 7.16. The summed E-state index contributed by atoms with van der Waals surface area (Å²) in [6.07, 6.45) is 5.17. The van der Waals surface area contributed by atoms with Crippen molar-refractivity contribution in [3.05, 3.63) is 45.6 Å². The fourth-order valence-corrected chi connectivity index (χ4v) is 2.71. The van der Waals surface area contributed by atoms with E-state index in [-0.39, 0.29) is 12.1 Å². The number of thiophene rings is 1. The number of hydrogen-bond acceptors (Lipinski definition) is 4. The van der Waals surface area contributed by atoms with Gasteiger partial charge in [-0.25, -0.2) is 0 Å². The standard InChI is InChI=1S/C12H14ClN3S/c1-8(10-7-14-5-6-15-10)16-9(2)11-3-4-12(13)17-11/h3-9,16H,1-2H3. The zero-order valence-corrected chi connectivity index (χ0v) is 11.3. The normalized spacial score (nSPS) is 14.5. The maximum Gasteiger partial charge on any atom is 0.0931 e. The Kier molecular flexibility index (Phi) is 4.10. The number of nitrogens with one attached hydrogen (secondary N) is 1. The summed E-state index contributed by atoms with van der Waals surface area (Å²) in [4.78, 5) is 9.58. The van der Waals surface area contributed by atoms with Gasteiger partial charge in [-0.3, -0.25) is 9.97 Å². The first kappa shape index (κ1) is 12.5. The van der Waals surface area contributed by atoms with Crippen molar-refractivity contribution in [1.82, 2.24) is 15.3 Å². The maximum absolute atomic E-state index is 5.93. The van der Waals surface area contributed by atoms with Crippen LogP contribution < -0.4 is 5.32 Å². The average Bonchev–Trinajstić information content (AvgIpc) is 2.77. The Morgan fingerprint density at radius 3 is 2.65 bits per heavy atom. The molecule has 0 aliphatic carbocycles. The third-order valence-electron chi connectivity index (χ3n) is 2.55. The topological polar surface area (TPSA) is 37.8 Å². The molecule has 2 atom stereocenters. The Morgan fingerprint density at radius 1 is 1.24 bits per heavy atom. The Labute approximate surface area is 110 Å². The Hall–Kier alpha value is -0.970. The van der Waals surface area contributed by atoms with Gasteiger partial charge in [0.05, 0.1) is 10.0 Å². The Morgan fingerprint density at radius 2 is 2.06 bits per heavy atom. The van der Waals surface area contributed by atoms with E-state index >= 15 is 0 Å². The minimum atomic E-state index is 0.166. The zero-order chi connectivity index (χ0) is 12.3. The molecule has 5 heteroatoms. The Bertz CT molecular complexity index is 472. The minimum Gasteiger partial charge on any atom is -0.301 e. The first-order valence-corrected chi connectivity index (χ1v) is 6.63. The van der Waals surface area contributed by atoms with Crippen molar-refractivity contribution >= 4 is 22.9 Å². The van der Waals surface area contributed by atoms with Gasteiger partial charge in [-0.15, -0.1) is 11.3 Å². The second-order valence-corrected chi connectivity index (χ2v) is 5.63. The highest BCUT2D eigenvalue weighted by Crippen LogP contribution is 2.28. The summed E-state index contributed by atoms with van der Waals surface area (Å²) in [6, 6.07) is 4.39. The molecule has 2 aromatic heterocycles. The molecule has 2 aromatic rings. The van der Waals surface area contributed by atoms with Crippen molar-refractivity contribution in [1.29, 1.82) is 0 Å². The van der Waals surface area contributed by atoms with Crippen molar-refractivity contribution in [3.63, 3.8) is 0 Å². The van der Waals surface area contributed by atoms with Crippen LogP contribution in [0.15, 0.2) is 30.7 Å². The first-order valence-electron chi connectivity index (χ1n) is 5.44. The van der Waals surface area contributed by atoms with Crippen LogP contribution in [0.3, 0.4) is 0 Å². The largest absolute Gasteiger partial charge is 0.301 e. The quantitative estimate of drug-likeness (QED) is 0.920. The van der Waals surface area contributed by atoms with Crippen LogP contribution in [0.5, 0.6) is 0 Å². The van der Waals surface area contributed by atoms with Crippen molar-refractivity contribution in [3.8, 4) is 0 Å². The summed E-state index contributed by atoms with van der Waals surface area (Å²) in [5.74, 6) is 0.